The van der Waals surface area contributed by atoms with Gasteiger partial charge in [-0.3, -0.25) is 33.7 Å². The zero-order valence-electron chi connectivity index (χ0n) is 35.6. The van der Waals surface area contributed by atoms with Gasteiger partial charge in [0.1, 0.15) is 5.75 Å². The molecule has 7 N–H and O–H groups in total. The van der Waals surface area contributed by atoms with Crippen molar-refractivity contribution in [3.63, 3.8) is 0 Å². The summed E-state index contributed by atoms with van der Waals surface area (Å²) >= 11 is 0. The van der Waals surface area contributed by atoms with E-state index in [4.69, 9.17) is 24.1 Å². The second kappa shape index (κ2) is 24.6. The van der Waals surface area contributed by atoms with Gasteiger partial charge in [0.2, 0.25) is 0 Å². The number of aliphatic carboxylic acids is 1. The molecule has 0 fully saturated rings. The minimum atomic E-state index is -1.17. The number of carboxylic acid groups (broad SMARTS) is 1. The number of benzene rings is 1. The average Bonchev–Trinajstić information content (AvgIpc) is 3.27. The van der Waals surface area contributed by atoms with Gasteiger partial charge in [-0.1, -0.05) is 12.1 Å². The number of ether oxygens (including phenoxy) is 4. The maximum atomic E-state index is 13.8. The third-order valence-electron chi connectivity index (χ3n) is 9.77. The monoisotopic (exact) mass is 895 g/mol. The molecule has 0 spiro atoms. The van der Waals surface area contributed by atoms with Crippen LogP contribution in [-0.2, 0) is 45.1 Å². The Balaban J connectivity index is 1.60. The van der Waals surface area contributed by atoms with Crippen LogP contribution in [0.1, 0.15) is 36.6 Å². The minimum absolute atomic E-state index is 0.0159. The third kappa shape index (κ3) is 14.0. The molecule has 3 amide bonds. The highest BCUT2D eigenvalue weighted by atomic mass is 16.5. The number of carbonyl (C=O) groups is 4. The van der Waals surface area contributed by atoms with E-state index in [1.807, 2.05) is 0 Å². The van der Waals surface area contributed by atoms with Gasteiger partial charge in [0.25, 0.3) is 34.4 Å². The summed E-state index contributed by atoms with van der Waals surface area (Å²) in [5, 5.41) is 49.1. The first-order valence-corrected chi connectivity index (χ1v) is 20.0. The molecule has 0 aliphatic heterocycles. The first-order chi connectivity index (χ1) is 30.7. The molecule has 4 aromatic rings. The molecule has 0 radical (unpaired) electrons. The predicted molar refractivity (Wildman–Crippen MR) is 228 cm³/mol. The molecule has 1 atom stereocenters. The summed E-state index contributed by atoms with van der Waals surface area (Å²) in [5.74, 6) is -5.53. The van der Waals surface area contributed by atoms with Crippen molar-refractivity contribution in [1.82, 2.24) is 34.6 Å². The molecule has 22 heteroatoms. The minimum Gasteiger partial charge on any atom is -0.502 e. The second-order valence-corrected chi connectivity index (χ2v) is 14.2. The number of pyridine rings is 3. The van der Waals surface area contributed by atoms with E-state index in [0.717, 1.165) is 0 Å². The molecular formula is C42H53N7O15. The molecule has 1 unspecified atom stereocenters. The zero-order chi connectivity index (χ0) is 46.8. The Morgan fingerprint density at radius 2 is 1.03 bits per heavy atom. The topological polar surface area (TPSA) is 291 Å². The molecule has 3 heterocycles. The summed E-state index contributed by atoms with van der Waals surface area (Å²) in [7, 11) is 4.35. The summed E-state index contributed by atoms with van der Waals surface area (Å²) in [5.41, 5.74) is -2.60. The van der Waals surface area contributed by atoms with Crippen LogP contribution in [0.5, 0.6) is 23.0 Å². The van der Waals surface area contributed by atoms with E-state index in [0.29, 0.717) is 5.56 Å². The summed E-state index contributed by atoms with van der Waals surface area (Å²) in [6.45, 7) is 0.378. The van der Waals surface area contributed by atoms with Gasteiger partial charge in [0, 0.05) is 98.3 Å². The molecule has 4 rings (SSSR count). The van der Waals surface area contributed by atoms with Crippen molar-refractivity contribution in [3.8, 4) is 23.0 Å². The number of methoxy groups -OCH3 is 3. The normalized spacial score (nSPS) is 11.6. The first kappa shape index (κ1) is 49.6. The number of nitrogens with one attached hydrogen (secondary N) is 3. The number of carbonyl (C=O) groups excluding carboxylic acids is 3. The average molecular weight is 896 g/mol. The highest BCUT2D eigenvalue weighted by Crippen LogP contribution is 2.17. The second-order valence-electron chi connectivity index (χ2n) is 14.2. The number of carboxylic acids is 1. The quantitative estimate of drug-likeness (QED) is 0.0406. The Hall–Kier alpha value is -7.01. The molecule has 0 saturated heterocycles. The lowest BCUT2D eigenvalue weighted by Crippen LogP contribution is -2.48. The largest absolute Gasteiger partial charge is 0.502 e. The summed E-state index contributed by atoms with van der Waals surface area (Å²) < 4.78 is 23.8. The molecule has 3 aromatic heterocycles. The van der Waals surface area contributed by atoms with Crippen LogP contribution in [0.2, 0.25) is 0 Å². The van der Waals surface area contributed by atoms with Gasteiger partial charge in [0.15, 0.2) is 23.9 Å². The van der Waals surface area contributed by atoms with Gasteiger partial charge in [-0.25, -0.2) is 4.79 Å². The number of nitrogens with zero attached hydrogens (tertiary/aromatic N) is 4. The van der Waals surface area contributed by atoms with Gasteiger partial charge < -0.3 is 69.0 Å². The molecule has 346 valence electrons. The Labute approximate surface area is 366 Å². The van der Waals surface area contributed by atoms with Gasteiger partial charge in [-0.15, -0.1) is 0 Å². The van der Waals surface area contributed by atoms with E-state index in [1.54, 1.807) is 29.2 Å². The van der Waals surface area contributed by atoms with Crippen LogP contribution in [0.15, 0.2) is 75.4 Å². The fourth-order valence-corrected chi connectivity index (χ4v) is 6.36. The van der Waals surface area contributed by atoms with Crippen molar-refractivity contribution in [2.45, 2.75) is 32.1 Å². The van der Waals surface area contributed by atoms with Crippen LogP contribution < -0.4 is 37.4 Å². The van der Waals surface area contributed by atoms with E-state index in [1.165, 1.54) is 71.8 Å². The number of hydrogen-bond acceptors (Lipinski definition) is 15. The molecule has 0 aliphatic rings. The van der Waals surface area contributed by atoms with E-state index in [2.05, 4.69) is 16.0 Å². The van der Waals surface area contributed by atoms with Gasteiger partial charge in [0.05, 0.1) is 36.5 Å². The highest BCUT2D eigenvalue weighted by molar-refractivity contribution is 5.97. The van der Waals surface area contributed by atoms with E-state index in [9.17, 15) is 48.9 Å². The predicted octanol–water partition coefficient (Wildman–Crippen LogP) is -0.806. The van der Waals surface area contributed by atoms with E-state index in [-0.39, 0.29) is 101 Å². The molecule has 0 aliphatic carbocycles. The fraction of sp³-hybridized carbons (Fsp3) is 0.405. The number of aromatic hydroxyl groups is 3. The number of aromatic nitrogens is 3. The Kier molecular flexibility index (Phi) is 19.1. The van der Waals surface area contributed by atoms with Crippen LogP contribution in [0, 0.1) is 0 Å². The Morgan fingerprint density at radius 1 is 0.625 bits per heavy atom. The van der Waals surface area contributed by atoms with Crippen molar-refractivity contribution in [2.75, 3.05) is 80.5 Å². The van der Waals surface area contributed by atoms with Crippen LogP contribution in [0.25, 0.3) is 0 Å². The van der Waals surface area contributed by atoms with Crippen molar-refractivity contribution < 1.29 is 58.6 Å². The maximum Gasteiger partial charge on any atom is 0.341 e. The van der Waals surface area contributed by atoms with Crippen LogP contribution >= 0.6 is 0 Å². The van der Waals surface area contributed by atoms with Crippen LogP contribution in [0.3, 0.4) is 0 Å². The van der Waals surface area contributed by atoms with Crippen LogP contribution in [0.4, 0.5) is 0 Å². The highest BCUT2D eigenvalue weighted by Gasteiger charge is 2.24. The molecule has 64 heavy (non-hydrogen) atoms. The lowest BCUT2D eigenvalue weighted by molar-refractivity contribution is -0.139. The standard InChI is InChI=1S/C42H53N7O15/c1-61-21-18-47-13-8-30(34(52)40(47)58)37(55)43-11-16-46(17-12-44-38(56)31-9-14-48(19-22-62-2)41(59)35(31)53)25-28(24-27-4-6-29(7-5-27)64-26-33(50)51)45-39(57)32-10-15-49(20-23-63-3)42(60)36(32)54/h4-10,13-15,28,52-54H,11-12,16-26H2,1-3H3,(H,43,55)(H,44,56)(H,45,57)(H,50,51). The maximum absolute atomic E-state index is 13.8. The number of hydrogen-bond donors (Lipinski definition) is 7. The van der Waals surface area contributed by atoms with Crippen molar-refractivity contribution >= 4 is 23.7 Å². The van der Waals surface area contributed by atoms with Gasteiger partial charge in [-0.2, -0.15) is 0 Å². The van der Waals surface area contributed by atoms with Crippen molar-refractivity contribution in [1.29, 1.82) is 0 Å². The van der Waals surface area contributed by atoms with Crippen LogP contribution in [-0.4, -0.2) is 149 Å². The zero-order valence-corrected chi connectivity index (χ0v) is 35.6. The lowest BCUT2D eigenvalue weighted by Gasteiger charge is -2.29. The molecule has 0 saturated carbocycles. The summed E-state index contributed by atoms with van der Waals surface area (Å²) in [6, 6.07) is 9.45. The fourth-order valence-electron chi connectivity index (χ4n) is 6.36. The summed E-state index contributed by atoms with van der Waals surface area (Å²) in [4.78, 5) is 91.2. The molecule has 22 nitrogen and oxygen atoms in total. The lowest BCUT2D eigenvalue weighted by atomic mass is 10.0. The molecule has 1 aromatic carbocycles. The Morgan fingerprint density at radius 3 is 1.42 bits per heavy atom. The number of amides is 3. The van der Waals surface area contributed by atoms with Gasteiger partial charge in [-0.05, 0) is 42.3 Å². The van der Waals surface area contributed by atoms with Crippen molar-refractivity contribution in [2.24, 2.45) is 0 Å². The smallest absolute Gasteiger partial charge is 0.341 e. The molecular weight excluding hydrogens is 842 g/mol. The number of rotatable bonds is 26. The van der Waals surface area contributed by atoms with Crippen molar-refractivity contribution in [3.05, 3.63) is 114 Å². The van der Waals surface area contributed by atoms with E-state index < -0.39 is 70.3 Å². The SMILES string of the molecule is COCCn1ccc(C(=O)NCCN(CCNC(=O)c2ccn(CCOC)c(=O)c2O)CC(Cc2ccc(OCC(=O)O)cc2)NC(=O)c2ccn(CCOC)c(=O)c2O)c(O)c1=O. The van der Waals surface area contributed by atoms with E-state index >= 15 is 0 Å². The summed E-state index contributed by atoms with van der Waals surface area (Å²) in [6.07, 6.45) is 4.17. The molecule has 0 bridgehead atoms. The van der Waals surface area contributed by atoms with Gasteiger partial charge >= 0.3 is 5.97 Å². The Bertz CT molecular complexity index is 2320. The first-order valence-electron chi connectivity index (χ1n) is 20.0. The third-order valence-corrected chi connectivity index (χ3v) is 9.77.